The van der Waals surface area contributed by atoms with Crippen LogP contribution in [0.15, 0.2) is 5.57 Å². The Balaban J connectivity index is 0. The first-order valence-electron chi connectivity index (χ1n) is 2.94. The van der Waals surface area contributed by atoms with E-state index in [0.717, 1.165) is 0 Å². The average Bonchev–Trinajstić information content (AvgIpc) is 1.85. The zero-order chi connectivity index (χ0) is 8.15. The van der Waals surface area contributed by atoms with E-state index in [0.29, 0.717) is 6.42 Å². The van der Waals surface area contributed by atoms with Crippen molar-refractivity contribution in [2.75, 3.05) is 0 Å². The van der Waals surface area contributed by atoms with Gasteiger partial charge in [0.15, 0.2) is 0 Å². The van der Waals surface area contributed by atoms with Gasteiger partial charge in [-0.2, -0.15) is 11.6 Å². The molecule has 0 aliphatic carbocycles. The first-order valence-corrected chi connectivity index (χ1v) is 2.94. The van der Waals surface area contributed by atoms with Crippen molar-refractivity contribution in [1.82, 2.24) is 0 Å². The van der Waals surface area contributed by atoms with Crippen LogP contribution in [0, 0.1) is 6.08 Å². The van der Waals surface area contributed by atoms with E-state index in [9.17, 15) is 9.59 Å². The van der Waals surface area contributed by atoms with Gasteiger partial charge in [-0.05, 0) is 0 Å². The van der Waals surface area contributed by atoms with Crippen LogP contribution in [0.4, 0.5) is 0 Å². The third-order valence-corrected chi connectivity index (χ3v) is 1.03. The molecule has 59 valence electrons. The predicted molar refractivity (Wildman–Crippen MR) is 35.4 cm³/mol. The van der Waals surface area contributed by atoms with E-state index < -0.39 is 5.97 Å². The molecular formula is C7H9O3Y-. The Morgan fingerprint density at radius 1 is 1.45 bits per heavy atom. The van der Waals surface area contributed by atoms with Crippen LogP contribution in [-0.2, 0) is 42.3 Å². The predicted octanol–water partition coefficient (Wildman–Crippen LogP) is 0.797. The van der Waals surface area contributed by atoms with Gasteiger partial charge in [0.05, 0.1) is 0 Å². The van der Waals surface area contributed by atoms with Crippen molar-refractivity contribution in [2.24, 2.45) is 0 Å². The van der Waals surface area contributed by atoms with Crippen molar-refractivity contribution in [1.29, 1.82) is 0 Å². The summed E-state index contributed by atoms with van der Waals surface area (Å²) >= 11 is 0. The van der Waals surface area contributed by atoms with Gasteiger partial charge in [-0.1, -0.05) is 20.3 Å². The van der Waals surface area contributed by atoms with Crippen LogP contribution in [0.3, 0.4) is 0 Å². The molecule has 0 aliphatic heterocycles. The Kier molecular flexibility index (Phi) is 8.24. The van der Waals surface area contributed by atoms with Crippen LogP contribution in [0.25, 0.3) is 0 Å². The SMILES string of the molecule is CCC(=O)C(C)=[C-]C(=O)O.[Y]. The number of hydrogen-bond acceptors (Lipinski definition) is 2. The number of allylic oxidation sites excluding steroid dienone is 1. The monoisotopic (exact) mass is 230 g/mol. The van der Waals surface area contributed by atoms with Crippen LogP contribution >= 0.6 is 0 Å². The van der Waals surface area contributed by atoms with Gasteiger partial charge >= 0.3 is 0 Å². The molecule has 0 fully saturated rings. The minimum Gasteiger partial charge on any atom is -0.492 e. The van der Waals surface area contributed by atoms with Gasteiger partial charge < -0.3 is 9.90 Å². The third kappa shape index (κ3) is 6.38. The molecule has 3 nitrogen and oxygen atoms in total. The first kappa shape index (κ1) is 13.6. The van der Waals surface area contributed by atoms with E-state index in [-0.39, 0.29) is 44.1 Å². The van der Waals surface area contributed by atoms with Crippen molar-refractivity contribution in [2.45, 2.75) is 20.3 Å². The van der Waals surface area contributed by atoms with Gasteiger partial charge in [0.25, 0.3) is 0 Å². The van der Waals surface area contributed by atoms with Gasteiger partial charge in [-0.25, -0.2) is 0 Å². The minimum atomic E-state index is -1.20. The Hall–Kier alpha value is -0.0161. The Morgan fingerprint density at radius 2 is 1.91 bits per heavy atom. The van der Waals surface area contributed by atoms with Crippen LogP contribution < -0.4 is 0 Å². The number of ketones is 1. The summed E-state index contributed by atoms with van der Waals surface area (Å²) in [4.78, 5) is 20.6. The molecule has 0 unspecified atom stereocenters. The molecule has 0 bridgehead atoms. The molecule has 0 aromatic rings. The molecule has 0 aromatic heterocycles. The number of carboxylic acids is 1. The van der Waals surface area contributed by atoms with Crippen molar-refractivity contribution in [3.05, 3.63) is 11.6 Å². The van der Waals surface area contributed by atoms with Crippen LogP contribution in [0.2, 0.25) is 0 Å². The summed E-state index contributed by atoms with van der Waals surface area (Å²) in [5.41, 5.74) is 0.176. The fourth-order valence-corrected chi connectivity index (χ4v) is 0.495. The standard InChI is InChI=1S/C7H9O3.Y/c1-3-6(8)5(2)4-7(9)10;/h3H2,1-2H3,(H,9,10);/q-1;. The molecule has 0 heterocycles. The minimum absolute atomic E-state index is 0. The Bertz CT molecular complexity index is 184. The van der Waals surface area contributed by atoms with Gasteiger partial charge in [0, 0.05) is 38.5 Å². The van der Waals surface area contributed by atoms with E-state index in [1.165, 1.54) is 6.92 Å². The Labute approximate surface area is 90.7 Å². The van der Waals surface area contributed by atoms with Crippen molar-refractivity contribution >= 4 is 11.8 Å². The third-order valence-electron chi connectivity index (χ3n) is 1.03. The summed E-state index contributed by atoms with van der Waals surface area (Å²) in [6, 6.07) is 0. The van der Waals surface area contributed by atoms with Crippen LogP contribution in [0.5, 0.6) is 0 Å². The molecule has 0 saturated heterocycles. The summed E-state index contributed by atoms with van der Waals surface area (Å²) in [6.07, 6.45) is 2.30. The maximum Gasteiger partial charge on any atom is 0.235 e. The molecule has 0 aliphatic rings. The van der Waals surface area contributed by atoms with Gasteiger partial charge in [0.2, 0.25) is 5.97 Å². The molecule has 4 heteroatoms. The molecular weight excluding hydrogens is 221 g/mol. The molecule has 0 amide bonds. The first-order chi connectivity index (χ1) is 4.57. The fraction of sp³-hybridized carbons (Fsp3) is 0.429. The molecule has 0 spiro atoms. The number of carboxylic acid groups (broad SMARTS) is 1. The van der Waals surface area contributed by atoms with Crippen LogP contribution in [-0.4, -0.2) is 16.9 Å². The number of aliphatic carboxylic acids is 1. The Morgan fingerprint density at radius 3 is 2.18 bits per heavy atom. The van der Waals surface area contributed by atoms with Crippen LogP contribution in [0.1, 0.15) is 20.3 Å². The second kappa shape index (κ2) is 6.68. The molecule has 0 atom stereocenters. The molecule has 0 rings (SSSR count). The summed E-state index contributed by atoms with van der Waals surface area (Å²) < 4.78 is 0. The van der Waals surface area contributed by atoms with Gasteiger partial charge in [-0.3, -0.25) is 4.79 Å². The molecule has 0 aromatic carbocycles. The second-order valence-corrected chi connectivity index (χ2v) is 1.83. The topological polar surface area (TPSA) is 54.4 Å². The zero-order valence-electron chi connectivity index (χ0n) is 6.55. The maximum absolute atomic E-state index is 10.7. The number of carbonyl (C=O) groups is 2. The zero-order valence-corrected chi connectivity index (χ0v) is 9.39. The maximum atomic E-state index is 10.7. The molecule has 11 heavy (non-hydrogen) atoms. The largest absolute Gasteiger partial charge is 0.492 e. The number of hydrogen-bond donors (Lipinski definition) is 1. The quantitative estimate of drug-likeness (QED) is 0.576. The van der Waals surface area contributed by atoms with E-state index in [1.807, 2.05) is 6.08 Å². The number of Topliss-reactive ketones (excluding diaryl/α,β-unsaturated/α-hetero) is 1. The molecule has 1 N–H and O–H groups in total. The van der Waals surface area contributed by atoms with E-state index >= 15 is 0 Å². The summed E-state index contributed by atoms with van der Waals surface area (Å²) in [5.74, 6) is -1.37. The normalized spacial score (nSPS) is 10.2. The fourth-order valence-electron chi connectivity index (χ4n) is 0.495. The summed E-state index contributed by atoms with van der Waals surface area (Å²) in [7, 11) is 0. The van der Waals surface area contributed by atoms with Crippen molar-refractivity contribution in [3.63, 3.8) is 0 Å². The molecule has 0 saturated carbocycles. The average molecular weight is 230 g/mol. The summed E-state index contributed by atoms with van der Waals surface area (Å²) in [5, 5.41) is 8.14. The van der Waals surface area contributed by atoms with Gasteiger partial charge in [-0.15, -0.1) is 0 Å². The van der Waals surface area contributed by atoms with Crippen molar-refractivity contribution < 1.29 is 47.4 Å². The number of rotatable bonds is 3. The molecule has 1 radical (unpaired) electrons. The van der Waals surface area contributed by atoms with E-state index in [4.69, 9.17) is 5.11 Å². The second-order valence-electron chi connectivity index (χ2n) is 1.83. The van der Waals surface area contributed by atoms with E-state index in [2.05, 4.69) is 0 Å². The van der Waals surface area contributed by atoms with Gasteiger partial charge in [0.1, 0.15) is 0 Å². The van der Waals surface area contributed by atoms with Crippen molar-refractivity contribution in [3.8, 4) is 0 Å². The smallest absolute Gasteiger partial charge is 0.235 e. The van der Waals surface area contributed by atoms with E-state index in [1.54, 1.807) is 6.92 Å². The summed E-state index contributed by atoms with van der Waals surface area (Å²) in [6.45, 7) is 3.12. The number of carbonyl (C=O) groups excluding carboxylic acids is 1.